The third-order valence-corrected chi connectivity index (χ3v) is 2.83. The molecule has 0 amide bonds. The third kappa shape index (κ3) is 2.74. The van der Waals surface area contributed by atoms with Crippen LogP contribution in [0.3, 0.4) is 0 Å². The molecular formula is C14H18N2O. The average molecular weight is 230 g/mol. The fraction of sp³-hybridized carbons (Fsp3) is 0.357. The Bertz CT molecular complexity index is 479. The van der Waals surface area contributed by atoms with E-state index < -0.39 is 0 Å². The molecular weight excluding hydrogens is 212 g/mol. The van der Waals surface area contributed by atoms with E-state index in [-0.39, 0.29) is 6.10 Å². The molecule has 2 aromatic rings. The highest BCUT2D eigenvalue weighted by Gasteiger charge is 2.09. The summed E-state index contributed by atoms with van der Waals surface area (Å²) in [5.41, 5.74) is 6.50. The van der Waals surface area contributed by atoms with Gasteiger partial charge in [-0.3, -0.25) is 4.98 Å². The first-order valence-electron chi connectivity index (χ1n) is 6.05. The van der Waals surface area contributed by atoms with Gasteiger partial charge in [0.25, 0.3) is 0 Å². The number of hydrogen-bond acceptors (Lipinski definition) is 3. The molecule has 2 N–H and O–H groups in total. The Labute approximate surface area is 102 Å². The Hall–Kier alpha value is -1.61. The highest BCUT2D eigenvalue weighted by atomic mass is 16.5. The maximum absolute atomic E-state index is 5.97. The number of benzene rings is 1. The summed E-state index contributed by atoms with van der Waals surface area (Å²) in [5, 5.41) is 1.10. The molecule has 0 saturated heterocycles. The van der Waals surface area contributed by atoms with Crippen LogP contribution in [0.4, 0.5) is 0 Å². The molecule has 0 bridgehead atoms. The Morgan fingerprint density at radius 2 is 2.12 bits per heavy atom. The number of aromatic nitrogens is 1. The van der Waals surface area contributed by atoms with E-state index in [4.69, 9.17) is 10.5 Å². The van der Waals surface area contributed by atoms with Crippen LogP contribution in [0.2, 0.25) is 0 Å². The minimum atomic E-state index is 0.174. The van der Waals surface area contributed by atoms with Crippen LogP contribution in [0.25, 0.3) is 10.9 Å². The summed E-state index contributed by atoms with van der Waals surface area (Å²) in [6.45, 7) is 2.76. The van der Waals surface area contributed by atoms with Crippen molar-refractivity contribution in [3.63, 3.8) is 0 Å². The van der Waals surface area contributed by atoms with Gasteiger partial charge in [-0.2, -0.15) is 0 Å². The monoisotopic (exact) mass is 230 g/mol. The van der Waals surface area contributed by atoms with E-state index in [1.807, 2.05) is 30.3 Å². The largest absolute Gasteiger partial charge is 0.488 e. The van der Waals surface area contributed by atoms with Crippen molar-refractivity contribution in [3.05, 3.63) is 36.5 Å². The van der Waals surface area contributed by atoms with Crippen molar-refractivity contribution >= 4 is 10.9 Å². The van der Waals surface area contributed by atoms with Crippen molar-refractivity contribution < 1.29 is 4.74 Å². The number of rotatable bonds is 5. The van der Waals surface area contributed by atoms with E-state index >= 15 is 0 Å². The van der Waals surface area contributed by atoms with Crippen molar-refractivity contribution in [2.24, 2.45) is 5.73 Å². The lowest BCUT2D eigenvalue weighted by Crippen LogP contribution is -2.19. The Balaban J connectivity index is 2.28. The van der Waals surface area contributed by atoms with Crippen molar-refractivity contribution in [2.45, 2.75) is 25.9 Å². The van der Waals surface area contributed by atoms with E-state index in [1.54, 1.807) is 6.20 Å². The average Bonchev–Trinajstić information content (AvgIpc) is 2.38. The summed E-state index contributed by atoms with van der Waals surface area (Å²) in [5.74, 6) is 0.850. The van der Waals surface area contributed by atoms with E-state index in [0.29, 0.717) is 6.54 Å². The van der Waals surface area contributed by atoms with Crippen LogP contribution >= 0.6 is 0 Å². The number of fused-ring (bicyclic) bond motifs is 1. The summed E-state index contributed by atoms with van der Waals surface area (Å²) in [7, 11) is 0. The van der Waals surface area contributed by atoms with Gasteiger partial charge in [0.2, 0.25) is 0 Å². The standard InChI is InChI=1S/C14H18N2O/c1-2-12(8-9-15)17-13-7-3-5-11-6-4-10-16-14(11)13/h3-7,10,12H,2,8-9,15H2,1H3. The molecule has 1 aromatic carbocycles. The smallest absolute Gasteiger partial charge is 0.145 e. The van der Waals surface area contributed by atoms with Crippen molar-refractivity contribution in [1.82, 2.24) is 4.98 Å². The molecule has 0 aliphatic rings. The normalized spacial score (nSPS) is 12.6. The van der Waals surface area contributed by atoms with Crippen LogP contribution in [0, 0.1) is 0 Å². The lowest BCUT2D eigenvalue weighted by molar-refractivity contribution is 0.191. The predicted molar refractivity (Wildman–Crippen MR) is 70.1 cm³/mol. The lowest BCUT2D eigenvalue weighted by atomic mass is 10.2. The minimum absolute atomic E-state index is 0.174. The molecule has 1 heterocycles. The quantitative estimate of drug-likeness (QED) is 0.859. The lowest BCUT2D eigenvalue weighted by Gasteiger charge is -2.17. The van der Waals surface area contributed by atoms with Crippen LogP contribution in [0.1, 0.15) is 19.8 Å². The van der Waals surface area contributed by atoms with Gasteiger partial charge in [0.1, 0.15) is 11.3 Å². The summed E-state index contributed by atoms with van der Waals surface area (Å²) < 4.78 is 5.97. The number of nitrogens with zero attached hydrogens (tertiary/aromatic N) is 1. The first kappa shape index (κ1) is 11.9. The number of ether oxygens (including phenoxy) is 1. The van der Waals surface area contributed by atoms with Crippen molar-refractivity contribution in [1.29, 1.82) is 0 Å². The molecule has 90 valence electrons. The van der Waals surface area contributed by atoms with E-state index in [1.165, 1.54) is 0 Å². The van der Waals surface area contributed by atoms with E-state index in [2.05, 4.69) is 11.9 Å². The SMILES string of the molecule is CCC(CCN)Oc1cccc2cccnc12. The highest BCUT2D eigenvalue weighted by Crippen LogP contribution is 2.24. The number of para-hydroxylation sites is 1. The summed E-state index contributed by atoms with van der Waals surface area (Å²) in [6.07, 6.45) is 3.80. The third-order valence-electron chi connectivity index (χ3n) is 2.83. The predicted octanol–water partition coefficient (Wildman–Crippen LogP) is 2.74. The maximum atomic E-state index is 5.97. The van der Waals surface area contributed by atoms with Crippen LogP contribution in [0.15, 0.2) is 36.5 Å². The zero-order chi connectivity index (χ0) is 12.1. The van der Waals surface area contributed by atoms with Crippen molar-refractivity contribution in [3.8, 4) is 5.75 Å². The topological polar surface area (TPSA) is 48.1 Å². The van der Waals surface area contributed by atoms with Gasteiger partial charge in [0, 0.05) is 11.6 Å². The molecule has 1 aromatic heterocycles. The number of nitrogens with two attached hydrogens (primary N) is 1. The maximum Gasteiger partial charge on any atom is 0.145 e. The fourth-order valence-electron chi connectivity index (χ4n) is 1.88. The number of hydrogen-bond donors (Lipinski definition) is 1. The minimum Gasteiger partial charge on any atom is -0.488 e. The molecule has 0 saturated carbocycles. The summed E-state index contributed by atoms with van der Waals surface area (Å²) in [4.78, 5) is 4.37. The van der Waals surface area contributed by atoms with Crippen LogP contribution in [-0.2, 0) is 0 Å². The van der Waals surface area contributed by atoms with Crippen LogP contribution in [0.5, 0.6) is 5.75 Å². The first-order valence-corrected chi connectivity index (χ1v) is 6.05. The molecule has 1 unspecified atom stereocenters. The second-order valence-electron chi connectivity index (χ2n) is 4.06. The molecule has 0 fully saturated rings. The zero-order valence-electron chi connectivity index (χ0n) is 10.1. The molecule has 1 atom stereocenters. The Morgan fingerprint density at radius 3 is 2.88 bits per heavy atom. The van der Waals surface area contributed by atoms with Gasteiger partial charge in [0.05, 0.1) is 6.10 Å². The summed E-state index contributed by atoms with van der Waals surface area (Å²) >= 11 is 0. The molecule has 17 heavy (non-hydrogen) atoms. The van der Waals surface area contributed by atoms with Gasteiger partial charge < -0.3 is 10.5 Å². The fourth-order valence-corrected chi connectivity index (χ4v) is 1.88. The molecule has 0 aliphatic heterocycles. The van der Waals surface area contributed by atoms with E-state index in [9.17, 15) is 0 Å². The molecule has 0 radical (unpaired) electrons. The van der Waals surface area contributed by atoms with Crippen molar-refractivity contribution in [2.75, 3.05) is 6.54 Å². The van der Waals surface area contributed by atoms with Gasteiger partial charge in [-0.25, -0.2) is 0 Å². The Kier molecular flexibility index (Phi) is 3.94. The van der Waals surface area contributed by atoms with Gasteiger partial charge in [-0.1, -0.05) is 25.1 Å². The zero-order valence-corrected chi connectivity index (χ0v) is 10.1. The van der Waals surface area contributed by atoms with Gasteiger partial charge >= 0.3 is 0 Å². The van der Waals surface area contributed by atoms with E-state index in [0.717, 1.165) is 29.5 Å². The molecule has 0 aliphatic carbocycles. The highest BCUT2D eigenvalue weighted by molar-refractivity contribution is 5.84. The van der Waals surface area contributed by atoms with Crippen LogP contribution in [-0.4, -0.2) is 17.6 Å². The number of pyridine rings is 1. The molecule has 2 rings (SSSR count). The first-order chi connectivity index (χ1) is 8.35. The second-order valence-corrected chi connectivity index (χ2v) is 4.06. The summed E-state index contributed by atoms with van der Waals surface area (Å²) in [6, 6.07) is 9.98. The van der Waals surface area contributed by atoms with Crippen LogP contribution < -0.4 is 10.5 Å². The van der Waals surface area contributed by atoms with Gasteiger partial charge in [0.15, 0.2) is 0 Å². The molecule has 3 heteroatoms. The van der Waals surface area contributed by atoms with Gasteiger partial charge in [-0.15, -0.1) is 0 Å². The van der Waals surface area contributed by atoms with Gasteiger partial charge in [-0.05, 0) is 31.5 Å². The Morgan fingerprint density at radius 1 is 1.29 bits per heavy atom. The second kappa shape index (κ2) is 5.64. The molecule has 0 spiro atoms. The molecule has 3 nitrogen and oxygen atoms in total.